The Balaban J connectivity index is 1.93. The molecule has 2 N–H and O–H groups in total. The van der Waals surface area contributed by atoms with E-state index in [2.05, 4.69) is 19.2 Å². The second kappa shape index (κ2) is 6.39. The van der Waals surface area contributed by atoms with Crippen molar-refractivity contribution in [1.82, 2.24) is 4.90 Å². The van der Waals surface area contributed by atoms with Crippen LogP contribution in [0.3, 0.4) is 0 Å². The molecule has 1 heterocycles. The molecule has 1 aromatic rings. The number of halogens is 3. The van der Waals surface area contributed by atoms with Gasteiger partial charge < -0.3 is 15.3 Å². The fourth-order valence-corrected chi connectivity index (χ4v) is 2.52. The Labute approximate surface area is 133 Å². The number of carbonyl (C=O) groups is 1. The lowest BCUT2D eigenvalue weighted by molar-refractivity contribution is -0.271. The number of hydrogen-bond donors (Lipinski definition) is 2. The number of nitrogens with one attached hydrogen (secondary N) is 1. The predicted molar refractivity (Wildman–Crippen MR) is 81.4 cm³/mol. The summed E-state index contributed by atoms with van der Waals surface area (Å²) in [7, 11) is 0. The van der Waals surface area contributed by atoms with Crippen LogP contribution in [0.1, 0.15) is 38.2 Å². The summed E-state index contributed by atoms with van der Waals surface area (Å²) in [5, 5.41) is 12.3. The molecule has 1 aliphatic rings. The Kier molecular flexibility index (Phi) is 4.89. The lowest BCUT2D eigenvalue weighted by Gasteiger charge is -2.38. The van der Waals surface area contributed by atoms with E-state index in [0.29, 0.717) is 11.6 Å². The van der Waals surface area contributed by atoms with Gasteiger partial charge in [0.25, 0.3) is 0 Å². The van der Waals surface area contributed by atoms with E-state index < -0.39 is 30.7 Å². The molecule has 0 bridgehead atoms. The van der Waals surface area contributed by atoms with Crippen LogP contribution in [-0.2, 0) is 0 Å². The van der Waals surface area contributed by atoms with Gasteiger partial charge in [-0.3, -0.25) is 0 Å². The fraction of sp³-hybridized carbons (Fsp3) is 0.562. The molecule has 1 aliphatic heterocycles. The van der Waals surface area contributed by atoms with Crippen molar-refractivity contribution in [3.05, 3.63) is 29.8 Å². The van der Waals surface area contributed by atoms with Gasteiger partial charge >= 0.3 is 12.2 Å². The van der Waals surface area contributed by atoms with Crippen LogP contribution in [0, 0.1) is 0 Å². The first-order valence-corrected chi connectivity index (χ1v) is 7.57. The molecule has 0 unspecified atom stereocenters. The standard InChI is InChI=1S/C16H21F3N2O2/c1-11(2)12-3-5-13(6-4-12)20-14(22)21-9-7-15(23,8-10-21)16(17,18)19/h3-6,11,23H,7-10H2,1-2H3,(H,20,22). The number of anilines is 1. The number of benzene rings is 1. The summed E-state index contributed by atoms with van der Waals surface area (Å²) in [5.41, 5.74) is -0.963. The van der Waals surface area contributed by atoms with Gasteiger partial charge in [-0.2, -0.15) is 13.2 Å². The smallest absolute Gasteiger partial charge is 0.380 e. The first-order valence-electron chi connectivity index (χ1n) is 7.57. The first kappa shape index (κ1) is 17.6. The molecule has 2 rings (SSSR count). The maximum absolute atomic E-state index is 12.7. The number of likely N-dealkylation sites (tertiary alicyclic amines) is 1. The van der Waals surface area contributed by atoms with Crippen molar-refractivity contribution in [2.24, 2.45) is 0 Å². The van der Waals surface area contributed by atoms with Crippen molar-refractivity contribution in [2.45, 2.75) is 44.4 Å². The molecular formula is C16H21F3N2O2. The SMILES string of the molecule is CC(C)c1ccc(NC(=O)N2CCC(O)(C(F)(F)F)CC2)cc1. The topological polar surface area (TPSA) is 52.6 Å². The van der Waals surface area contributed by atoms with Gasteiger partial charge in [0, 0.05) is 31.6 Å². The van der Waals surface area contributed by atoms with Gasteiger partial charge in [0.1, 0.15) is 0 Å². The average molecular weight is 330 g/mol. The molecular weight excluding hydrogens is 309 g/mol. The van der Waals surface area contributed by atoms with Gasteiger partial charge in [0.15, 0.2) is 5.60 Å². The maximum Gasteiger partial charge on any atom is 0.417 e. The van der Waals surface area contributed by atoms with E-state index in [1.165, 1.54) is 4.90 Å². The molecule has 2 amide bonds. The van der Waals surface area contributed by atoms with E-state index >= 15 is 0 Å². The second-order valence-corrected chi connectivity index (χ2v) is 6.22. The summed E-state index contributed by atoms with van der Waals surface area (Å²) in [6.45, 7) is 3.85. The molecule has 0 aromatic heterocycles. The van der Waals surface area contributed by atoms with Crippen LogP contribution < -0.4 is 5.32 Å². The van der Waals surface area contributed by atoms with E-state index in [9.17, 15) is 23.1 Å². The summed E-state index contributed by atoms with van der Waals surface area (Å²) < 4.78 is 38.2. The van der Waals surface area contributed by atoms with Crippen molar-refractivity contribution in [3.8, 4) is 0 Å². The van der Waals surface area contributed by atoms with E-state index in [4.69, 9.17) is 0 Å². The number of rotatable bonds is 2. The van der Waals surface area contributed by atoms with Gasteiger partial charge in [0.05, 0.1) is 0 Å². The number of hydrogen-bond acceptors (Lipinski definition) is 2. The highest BCUT2D eigenvalue weighted by atomic mass is 19.4. The molecule has 23 heavy (non-hydrogen) atoms. The summed E-state index contributed by atoms with van der Waals surface area (Å²) in [4.78, 5) is 13.4. The zero-order valence-electron chi connectivity index (χ0n) is 13.2. The molecule has 0 spiro atoms. The number of alkyl halides is 3. The highest BCUT2D eigenvalue weighted by Crippen LogP contribution is 2.38. The van der Waals surface area contributed by atoms with Crippen molar-refractivity contribution in [1.29, 1.82) is 0 Å². The number of aliphatic hydroxyl groups is 1. The molecule has 128 valence electrons. The van der Waals surface area contributed by atoms with Gasteiger partial charge in [-0.05, 0) is 23.6 Å². The molecule has 0 atom stereocenters. The van der Waals surface area contributed by atoms with Crippen molar-refractivity contribution in [3.63, 3.8) is 0 Å². The third kappa shape index (κ3) is 3.96. The average Bonchev–Trinajstić information content (AvgIpc) is 2.47. The maximum atomic E-state index is 12.7. The van der Waals surface area contributed by atoms with Crippen molar-refractivity contribution >= 4 is 11.7 Å². The fourth-order valence-electron chi connectivity index (χ4n) is 2.52. The van der Waals surface area contributed by atoms with Crippen LogP contribution in [0.15, 0.2) is 24.3 Å². The van der Waals surface area contributed by atoms with Crippen molar-refractivity contribution in [2.75, 3.05) is 18.4 Å². The first-order chi connectivity index (χ1) is 10.6. The zero-order chi connectivity index (χ0) is 17.3. The Morgan fingerprint density at radius 3 is 2.17 bits per heavy atom. The molecule has 7 heteroatoms. The van der Waals surface area contributed by atoms with Crippen LogP contribution >= 0.6 is 0 Å². The number of piperidine rings is 1. The minimum atomic E-state index is -4.66. The third-order valence-corrected chi connectivity index (χ3v) is 4.23. The summed E-state index contributed by atoms with van der Waals surface area (Å²) >= 11 is 0. The molecule has 1 aromatic carbocycles. The van der Waals surface area contributed by atoms with E-state index in [-0.39, 0.29) is 13.1 Å². The van der Waals surface area contributed by atoms with Gasteiger partial charge in [0.2, 0.25) is 0 Å². The van der Waals surface area contributed by atoms with Gasteiger partial charge in [-0.1, -0.05) is 26.0 Å². The molecule has 1 fully saturated rings. The lowest BCUT2D eigenvalue weighted by Crippen LogP contribution is -2.55. The quantitative estimate of drug-likeness (QED) is 0.868. The van der Waals surface area contributed by atoms with E-state index in [0.717, 1.165) is 5.56 Å². The van der Waals surface area contributed by atoms with Gasteiger partial charge in [-0.15, -0.1) is 0 Å². The molecule has 1 saturated heterocycles. The normalized spacial score (nSPS) is 18.1. The van der Waals surface area contributed by atoms with E-state index in [1.807, 2.05) is 12.1 Å². The summed E-state index contributed by atoms with van der Waals surface area (Å²) in [6, 6.07) is 6.89. The number of urea groups is 1. The number of nitrogens with zero attached hydrogens (tertiary/aromatic N) is 1. The van der Waals surface area contributed by atoms with Crippen LogP contribution in [0.5, 0.6) is 0 Å². The molecule has 0 saturated carbocycles. The molecule has 4 nitrogen and oxygen atoms in total. The lowest BCUT2D eigenvalue weighted by atomic mass is 9.91. The van der Waals surface area contributed by atoms with Crippen LogP contribution in [0.25, 0.3) is 0 Å². The second-order valence-electron chi connectivity index (χ2n) is 6.22. The summed E-state index contributed by atoms with van der Waals surface area (Å²) in [6.07, 6.45) is -5.67. The summed E-state index contributed by atoms with van der Waals surface area (Å²) in [5.74, 6) is 0.377. The Bertz CT molecular complexity index is 547. The highest BCUT2D eigenvalue weighted by molar-refractivity contribution is 5.89. The molecule has 0 aliphatic carbocycles. The van der Waals surface area contributed by atoms with Crippen molar-refractivity contribution < 1.29 is 23.1 Å². The minimum Gasteiger partial charge on any atom is -0.380 e. The largest absolute Gasteiger partial charge is 0.417 e. The third-order valence-electron chi connectivity index (χ3n) is 4.23. The number of amides is 2. The Hall–Kier alpha value is -1.76. The Morgan fingerprint density at radius 2 is 1.74 bits per heavy atom. The van der Waals surface area contributed by atoms with E-state index in [1.54, 1.807) is 12.1 Å². The predicted octanol–water partition coefficient (Wildman–Crippen LogP) is 3.73. The Morgan fingerprint density at radius 1 is 1.22 bits per heavy atom. The molecule has 0 radical (unpaired) electrons. The zero-order valence-corrected chi connectivity index (χ0v) is 13.2. The van der Waals surface area contributed by atoms with Crippen LogP contribution in [-0.4, -0.2) is 40.9 Å². The minimum absolute atomic E-state index is 0.133. The van der Waals surface area contributed by atoms with Crippen LogP contribution in [0.4, 0.5) is 23.7 Å². The number of carbonyl (C=O) groups excluding carboxylic acids is 1. The van der Waals surface area contributed by atoms with Gasteiger partial charge in [-0.25, -0.2) is 4.79 Å². The monoisotopic (exact) mass is 330 g/mol. The van der Waals surface area contributed by atoms with Crippen LogP contribution in [0.2, 0.25) is 0 Å². The highest BCUT2D eigenvalue weighted by Gasteiger charge is 2.54.